The lowest BCUT2D eigenvalue weighted by atomic mass is 10.2. The highest BCUT2D eigenvalue weighted by Gasteiger charge is 2.10. The van der Waals surface area contributed by atoms with Crippen molar-refractivity contribution in [2.45, 2.75) is 13.8 Å². The van der Waals surface area contributed by atoms with E-state index < -0.39 is 18.5 Å². The van der Waals surface area contributed by atoms with Crippen LogP contribution in [0.3, 0.4) is 0 Å². The zero-order valence-electron chi connectivity index (χ0n) is 14.2. The molecule has 0 saturated carbocycles. The number of carbonyl (C=O) groups is 2. The van der Waals surface area contributed by atoms with E-state index in [0.29, 0.717) is 11.3 Å². The number of aromatic nitrogens is 2. The second-order valence-electron chi connectivity index (χ2n) is 5.35. The highest BCUT2D eigenvalue weighted by atomic mass is 16.5. The first kappa shape index (κ1) is 17.9. The lowest BCUT2D eigenvalue weighted by Crippen LogP contribution is -2.20. The molecule has 1 amide bonds. The van der Waals surface area contributed by atoms with Crippen LogP contribution in [0.4, 0.5) is 5.69 Å². The fourth-order valence-corrected chi connectivity index (χ4v) is 2.24. The number of nitriles is 1. The summed E-state index contributed by atoms with van der Waals surface area (Å²) in [4.78, 5) is 23.6. The number of carbonyl (C=O) groups excluding carboxylic acids is 2. The van der Waals surface area contributed by atoms with Crippen molar-refractivity contribution in [3.8, 4) is 6.07 Å². The van der Waals surface area contributed by atoms with Crippen molar-refractivity contribution in [3.63, 3.8) is 0 Å². The summed E-state index contributed by atoms with van der Waals surface area (Å²) in [6.45, 7) is 3.30. The smallest absolute Gasteiger partial charge is 0.331 e. The molecule has 1 heterocycles. The van der Waals surface area contributed by atoms with Gasteiger partial charge in [-0.1, -0.05) is 12.1 Å². The summed E-state index contributed by atoms with van der Waals surface area (Å²) in [5.41, 5.74) is 3.28. The molecule has 1 N–H and O–H groups in total. The zero-order chi connectivity index (χ0) is 18.4. The number of nitrogens with zero attached hydrogens (tertiary/aromatic N) is 3. The van der Waals surface area contributed by atoms with Gasteiger partial charge in [0.2, 0.25) is 0 Å². The summed E-state index contributed by atoms with van der Waals surface area (Å²) in [5, 5.41) is 15.8. The highest BCUT2D eigenvalue weighted by Crippen LogP contribution is 2.14. The number of amides is 1. The molecule has 1 aromatic carbocycles. The van der Waals surface area contributed by atoms with Crippen LogP contribution in [0.15, 0.2) is 30.3 Å². The van der Waals surface area contributed by atoms with Gasteiger partial charge in [0.25, 0.3) is 5.91 Å². The maximum atomic E-state index is 11.8. The van der Waals surface area contributed by atoms with Crippen molar-refractivity contribution in [2.75, 3.05) is 11.9 Å². The Morgan fingerprint density at radius 1 is 1.36 bits per heavy atom. The molecule has 0 aliphatic rings. The lowest BCUT2D eigenvalue weighted by molar-refractivity contribution is -0.142. The first-order valence-electron chi connectivity index (χ1n) is 7.56. The molecule has 7 heteroatoms. The molecule has 0 spiro atoms. The first-order chi connectivity index (χ1) is 11.9. The quantitative estimate of drug-likeness (QED) is 0.665. The molecule has 7 nitrogen and oxygen atoms in total. The molecule has 25 heavy (non-hydrogen) atoms. The number of rotatable bonds is 5. The van der Waals surface area contributed by atoms with Crippen molar-refractivity contribution >= 4 is 23.6 Å². The molecule has 2 aromatic rings. The van der Waals surface area contributed by atoms with Gasteiger partial charge in [0, 0.05) is 24.4 Å². The molecule has 0 radical (unpaired) electrons. The van der Waals surface area contributed by atoms with Crippen LogP contribution in [0.2, 0.25) is 0 Å². The summed E-state index contributed by atoms with van der Waals surface area (Å²) in [6.07, 6.45) is 2.87. The van der Waals surface area contributed by atoms with E-state index >= 15 is 0 Å². The Hall–Kier alpha value is -3.40. The Kier molecular flexibility index (Phi) is 5.69. The van der Waals surface area contributed by atoms with Gasteiger partial charge in [-0.25, -0.2) is 4.79 Å². The summed E-state index contributed by atoms with van der Waals surface area (Å²) >= 11 is 0. The number of aryl methyl sites for hydroxylation is 2. The number of para-hydroxylation sites is 1. The molecule has 0 saturated heterocycles. The van der Waals surface area contributed by atoms with Crippen LogP contribution in [0.5, 0.6) is 0 Å². The number of hydrogen-bond donors (Lipinski definition) is 1. The van der Waals surface area contributed by atoms with Gasteiger partial charge in [-0.15, -0.1) is 0 Å². The Bertz CT molecular complexity index is 875. The second kappa shape index (κ2) is 7.93. The maximum absolute atomic E-state index is 11.8. The maximum Gasteiger partial charge on any atom is 0.331 e. The molecule has 0 bridgehead atoms. The third-order valence-corrected chi connectivity index (χ3v) is 3.62. The van der Waals surface area contributed by atoms with Gasteiger partial charge in [-0.05, 0) is 32.1 Å². The van der Waals surface area contributed by atoms with Crippen molar-refractivity contribution < 1.29 is 14.3 Å². The molecule has 0 aliphatic heterocycles. The molecular formula is C18H18N4O3. The minimum atomic E-state index is -0.633. The van der Waals surface area contributed by atoms with Crippen molar-refractivity contribution in [1.29, 1.82) is 5.26 Å². The predicted octanol–water partition coefficient (Wildman–Crippen LogP) is 2.10. The molecule has 1 aromatic heterocycles. The number of nitrogens with one attached hydrogen (secondary N) is 1. The van der Waals surface area contributed by atoms with Gasteiger partial charge >= 0.3 is 5.97 Å². The van der Waals surface area contributed by atoms with Crippen LogP contribution in [0.25, 0.3) is 6.08 Å². The minimum Gasteiger partial charge on any atom is -0.452 e. The predicted molar refractivity (Wildman–Crippen MR) is 92.5 cm³/mol. The average Bonchev–Trinajstić information content (AvgIpc) is 2.84. The summed E-state index contributed by atoms with van der Waals surface area (Å²) in [6, 6.07) is 8.56. The first-order valence-corrected chi connectivity index (χ1v) is 7.56. The molecule has 128 valence electrons. The van der Waals surface area contributed by atoms with Gasteiger partial charge in [0.15, 0.2) is 6.61 Å². The zero-order valence-corrected chi connectivity index (χ0v) is 14.2. The van der Waals surface area contributed by atoms with Crippen molar-refractivity contribution in [1.82, 2.24) is 9.78 Å². The molecule has 0 fully saturated rings. The van der Waals surface area contributed by atoms with Crippen molar-refractivity contribution in [3.05, 3.63) is 52.9 Å². The third-order valence-electron chi connectivity index (χ3n) is 3.62. The Balaban J connectivity index is 1.90. The number of anilines is 1. The Morgan fingerprint density at radius 2 is 2.08 bits per heavy atom. The molecule has 0 atom stereocenters. The lowest BCUT2D eigenvalue weighted by Gasteiger charge is -2.06. The third kappa shape index (κ3) is 4.54. The molecule has 0 aliphatic carbocycles. The highest BCUT2D eigenvalue weighted by molar-refractivity contribution is 5.95. The Morgan fingerprint density at radius 3 is 2.72 bits per heavy atom. The van der Waals surface area contributed by atoms with Gasteiger partial charge in [0.05, 0.1) is 16.9 Å². The van der Waals surface area contributed by atoms with Gasteiger partial charge < -0.3 is 10.1 Å². The summed E-state index contributed by atoms with van der Waals surface area (Å²) < 4.78 is 6.63. The van der Waals surface area contributed by atoms with E-state index in [2.05, 4.69) is 10.4 Å². The summed E-state index contributed by atoms with van der Waals surface area (Å²) in [5.74, 6) is -1.15. The van der Waals surface area contributed by atoms with Crippen LogP contribution in [0.1, 0.15) is 22.5 Å². The molecular weight excluding hydrogens is 320 g/mol. The van der Waals surface area contributed by atoms with E-state index in [9.17, 15) is 9.59 Å². The Labute approximate surface area is 145 Å². The van der Waals surface area contributed by atoms with Crippen LogP contribution in [-0.4, -0.2) is 28.3 Å². The average molecular weight is 338 g/mol. The molecule has 2 rings (SSSR count). The number of esters is 1. The van der Waals surface area contributed by atoms with Crippen LogP contribution >= 0.6 is 0 Å². The van der Waals surface area contributed by atoms with Crippen LogP contribution in [0, 0.1) is 25.2 Å². The fraction of sp³-hybridized carbons (Fsp3) is 0.222. The number of ether oxygens (including phenoxy) is 1. The van der Waals surface area contributed by atoms with E-state index in [0.717, 1.165) is 17.0 Å². The fourth-order valence-electron chi connectivity index (χ4n) is 2.24. The summed E-state index contributed by atoms with van der Waals surface area (Å²) in [7, 11) is 1.82. The van der Waals surface area contributed by atoms with E-state index in [1.165, 1.54) is 6.08 Å². The topological polar surface area (TPSA) is 97.0 Å². The normalized spacial score (nSPS) is 10.5. The SMILES string of the molecule is Cc1nn(C)c(C)c1/C=C/C(=O)OCC(=O)Nc1ccccc1C#N. The second-order valence-corrected chi connectivity index (χ2v) is 5.35. The van der Waals surface area contributed by atoms with E-state index in [1.54, 1.807) is 35.0 Å². The van der Waals surface area contributed by atoms with Gasteiger partial charge in [-0.2, -0.15) is 10.4 Å². The number of benzene rings is 1. The largest absolute Gasteiger partial charge is 0.452 e. The van der Waals surface area contributed by atoms with Crippen molar-refractivity contribution in [2.24, 2.45) is 7.05 Å². The van der Waals surface area contributed by atoms with Crippen LogP contribution < -0.4 is 5.32 Å². The van der Waals surface area contributed by atoms with E-state index in [1.807, 2.05) is 27.0 Å². The number of hydrogen-bond acceptors (Lipinski definition) is 5. The van der Waals surface area contributed by atoms with Gasteiger partial charge in [0.1, 0.15) is 6.07 Å². The van der Waals surface area contributed by atoms with Crippen LogP contribution in [-0.2, 0) is 21.4 Å². The monoisotopic (exact) mass is 338 g/mol. The standard InChI is InChI=1S/C18H18N4O3/c1-12-15(13(2)22(3)21-12)8-9-18(24)25-11-17(23)20-16-7-5-4-6-14(16)10-19/h4-9H,11H2,1-3H3,(H,20,23)/b9-8+. The molecule has 0 unspecified atom stereocenters. The van der Waals surface area contributed by atoms with E-state index in [4.69, 9.17) is 10.00 Å². The van der Waals surface area contributed by atoms with E-state index in [-0.39, 0.29) is 0 Å². The van der Waals surface area contributed by atoms with Gasteiger partial charge in [-0.3, -0.25) is 9.48 Å². The minimum absolute atomic E-state index is 0.338.